The van der Waals surface area contributed by atoms with E-state index >= 15 is 0 Å². The molecule has 5 nitrogen and oxygen atoms in total. The normalized spacial score (nSPS) is 19.2. The van der Waals surface area contributed by atoms with E-state index in [-0.39, 0.29) is 18.2 Å². The van der Waals surface area contributed by atoms with Gasteiger partial charge in [0.1, 0.15) is 5.25 Å². The van der Waals surface area contributed by atoms with Crippen LogP contribution in [0.4, 0.5) is 5.69 Å². The van der Waals surface area contributed by atoms with Gasteiger partial charge in [0, 0.05) is 18.0 Å². The number of carbonyl (C=O) groups excluding carboxylic acids is 2. The molecule has 2 N–H and O–H groups in total. The van der Waals surface area contributed by atoms with Gasteiger partial charge >= 0.3 is 0 Å². The lowest BCUT2D eigenvalue weighted by molar-refractivity contribution is -0.125. The molecule has 0 aromatic heterocycles. The molecule has 7 heteroatoms. The molecule has 1 heterocycles. The molecule has 0 spiro atoms. The summed E-state index contributed by atoms with van der Waals surface area (Å²) in [5, 5.41) is 6.27. The molecular formula is C16H20ClN3O2S. The minimum Gasteiger partial charge on any atom is -0.356 e. The largest absolute Gasteiger partial charge is 0.356 e. The summed E-state index contributed by atoms with van der Waals surface area (Å²) >= 11 is 7.11. The quantitative estimate of drug-likeness (QED) is 0.825. The number of nitrogens with zero attached hydrogens (tertiary/aromatic N) is 1. The Morgan fingerprint density at radius 3 is 2.74 bits per heavy atom. The summed E-state index contributed by atoms with van der Waals surface area (Å²) in [6.45, 7) is 4.85. The van der Waals surface area contributed by atoms with Gasteiger partial charge in [-0.25, -0.2) is 4.99 Å². The number of halogens is 1. The van der Waals surface area contributed by atoms with Gasteiger partial charge in [-0.2, -0.15) is 0 Å². The molecule has 1 atom stereocenters. The van der Waals surface area contributed by atoms with Crippen molar-refractivity contribution in [3.8, 4) is 0 Å². The molecule has 23 heavy (non-hydrogen) atoms. The maximum absolute atomic E-state index is 11.9. The smallest absolute Gasteiger partial charge is 0.240 e. The van der Waals surface area contributed by atoms with Crippen molar-refractivity contribution in [1.29, 1.82) is 0 Å². The summed E-state index contributed by atoms with van der Waals surface area (Å²) in [6, 6.07) is 7.02. The van der Waals surface area contributed by atoms with E-state index in [1.807, 2.05) is 0 Å². The summed E-state index contributed by atoms with van der Waals surface area (Å²) < 4.78 is 0. The topological polar surface area (TPSA) is 70.6 Å². The average Bonchev–Trinajstić information content (AvgIpc) is 2.81. The number of rotatable bonds is 6. The Balaban J connectivity index is 1.87. The fourth-order valence-electron chi connectivity index (χ4n) is 1.97. The highest BCUT2D eigenvalue weighted by molar-refractivity contribution is 8.15. The minimum absolute atomic E-state index is 0.106. The van der Waals surface area contributed by atoms with Gasteiger partial charge in [0.05, 0.1) is 5.69 Å². The first kappa shape index (κ1) is 17.8. The van der Waals surface area contributed by atoms with Gasteiger partial charge in [0.15, 0.2) is 5.17 Å². The second kappa shape index (κ2) is 8.36. The van der Waals surface area contributed by atoms with Crippen LogP contribution in [0.5, 0.6) is 0 Å². The Hall–Kier alpha value is -1.53. The zero-order valence-corrected chi connectivity index (χ0v) is 14.7. The molecule has 1 saturated heterocycles. The average molecular weight is 354 g/mol. The maximum Gasteiger partial charge on any atom is 0.240 e. The van der Waals surface area contributed by atoms with Crippen LogP contribution in [0, 0.1) is 5.92 Å². The lowest BCUT2D eigenvalue weighted by atomic mass is 10.1. The molecule has 1 aliphatic rings. The Labute approximate surface area is 145 Å². The number of nitrogens with one attached hydrogen (secondary N) is 2. The minimum atomic E-state index is -0.430. The first-order chi connectivity index (χ1) is 10.9. The van der Waals surface area contributed by atoms with Gasteiger partial charge in [-0.1, -0.05) is 37.2 Å². The third kappa shape index (κ3) is 5.88. The van der Waals surface area contributed by atoms with Crippen molar-refractivity contribution in [2.75, 3.05) is 6.54 Å². The van der Waals surface area contributed by atoms with E-state index in [4.69, 9.17) is 11.6 Å². The van der Waals surface area contributed by atoms with Crippen molar-refractivity contribution in [3.05, 3.63) is 29.3 Å². The fourth-order valence-corrected chi connectivity index (χ4v) is 3.08. The zero-order valence-electron chi connectivity index (χ0n) is 13.1. The summed E-state index contributed by atoms with van der Waals surface area (Å²) in [4.78, 5) is 28.2. The van der Waals surface area contributed by atoms with Crippen LogP contribution in [-0.4, -0.2) is 28.8 Å². The second-order valence-electron chi connectivity index (χ2n) is 5.73. The van der Waals surface area contributed by atoms with Crippen molar-refractivity contribution in [1.82, 2.24) is 10.6 Å². The maximum atomic E-state index is 11.9. The number of thioether (sulfide) groups is 1. The van der Waals surface area contributed by atoms with Crippen LogP contribution in [0.3, 0.4) is 0 Å². The van der Waals surface area contributed by atoms with Crippen LogP contribution < -0.4 is 10.6 Å². The highest BCUT2D eigenvalue weighted by Crippen LogP contribution is 2.25. The van der Waals surface area contributed by atoms with Crippen LogP contribution in [0.2, 0.25) is 5.02 Å². The molecular weight excluding hydrogens is 334 g/mol. The van der Waals surface area contributed by atoms with E-state index in [9.17, 15) is 9.59 Å². The number of benzene rings is 1. The van der Waals surface area contributed by atoms with Crippen LogP contribution in [-0.2, 0) is 9.59 Å². The van der Waals surface area contributed by atoms with Crippen molar-refractivity contribution >= 4 is 46.0 Å². The van der Waals surface area contributed by atoms with E-state index in [0.29, 0.717) is 28.3 Å². The Morgan fingerprint density at radius 1 is 1.39 bits per heavy atom. The van der Waals surface area contributed by atoms with Crippen LogP contribution >= 0.6 is 23.4 Å². The number of amidine groups is 1. The summed E-state index contributed by atoms with van der Waals surface area (Å²) in [7, 11) is 0. The molecule has 2 rings (SSSR count). The molecule has 2 amide bonds. The van der Waals surface area contributed by atoms with Crippen LogP contribution in [0.15, 0.2) is 29.3 Å². The van der Waals surface area contributed by atoms with E-state index in [0.717, 1.165) is 6.42 Å². The highest BCUT2D eigenvalue weighted by Gasteiger charge is 2.31. The Morgan fingerprint density at radius 2 is 2.09 bits per heavy atom. The lowest BCUT2D eigenvalue weighted by Gasteiger charge is -2.08. The van der Waals surface area contributed by atoms with Crippen molar-refractivity contribution in [3.63, 3.8) is 0 Å². The van der Waals surface area contributed by atoms with Crippen molar-refractivity contribution in [2.24, 2.45) is 10.9 Å². The van der Waals surface area contributed by atoms with Gasteiger partial charge in [0.25, 0.3) is 0 Å². The number of hydrogen-bond donors (Lipinski definition) is 2. The van der Waals surface area contributed by atoms with Gasteiger partial charge < -0.3 is 10.6 Å². The summed E-state index contributed by atoms with van der Waals surface area (Å²) in [5.74, 6) is 0.255. The number of hydrogen-bond acceptors (Lipinski definition) is 4. The summed E-state index contributed by atoms with van der Waals surface area (Å²) in [5.41, 5.74) is 0.708. The SMILES string of the molecule is CC(C)CCNC(=O)C[C@H]1SC(=Nc2ccc(Cl)cc2)NC1=O. The van der Waals surface area contributed by atoms with Crippen LogP contribution in [0.1, 0.15) is 26.7 Å². The molecule has 0 unspecified atom stereocenters. The Kier molecular flexibility index (Phi) is 6.47. The van der Waals surface area contributed by atoms with Gasteiger partial charge in [0.2, 0.25) is 11.8 Å². The third-order valence-corrected chi connectivity index (χ3v) is 4.58. The highest BCUT2D eigenvalue weighted by atomic mass is 35.5. The summed E-state index contributed by atoms with van der Waals surface area (Å²) in [6.07, 6.45) is 1.09. The standard InChI is InChI=1S/C16H20ClN3O2S/c1-10(2)7-8-18-14(21)9-13-15(22)20-16(23-13)19-12-5-3-11(17)4-6-12/h3-6,10,13H,7-9H2,1-2H3,(H,18,21)(H,19,20,22)/t13-/m1/s1. The first-order valence-electron chi connectivity index (χ1n) is 7.52. The number of aliphatic imine (C=N–C) groups is 1. The van der Waals surface area contributed by atoms with E-state index in [1.54, 1.807) is 24.3 Å². The Bertz CT molecular complexity index is 602. The molecule has 124 valence electrons. The van der Waals surface area contributed by atoms with Gasteiger partial charge in [-0.15, -0.1) is 0 Å². The number of amides is 2. The second-order valence-corrected chi connectivity index (χ2v) is 7.35. The molecule has 0 aliphatic carbocycles. The number of carbonyl (C=O) groups is 2. The van der Waals surface area contributed by atoms with Gasteiger partial charge in [-0.3, -0.25) is 9.59 Å². The third-order valence-electron chi connectivity index (χ3n) is 3.25. The van der Waals surface area contributed by atoms with E-state index in [2.05, 4.69) is 29.5 Å². The fraction of sp³-hybridized carbons (Fsp3) is 0.438. The molecule has 1 aliphatic heterocycles. The van der Waals surface area contributed by atoms with Crippen molar-refractivity contribution in [2.45, 2.75) is 31.9 Å². The van der Waals surface area contributed by atoms with E-state index < -0.39 is 5.25 Å². The lowest BCUT2D eigenvalue weighted by Crippen LogP contribution is -2.32. The van der Waals surface area contributed by atoms with Gasteiger partial charge in [-0.05, 0) is 36.6 Å². The molecule has 0 bridgehead atoms. The van der Waals surface area contributed by atoms with Crippen LogP contribution in [0.25, 0.3) is 0 Å². The first-order valence-corrected chi connectivity index (χ1v) is 8.78. The predicted octanol–water partition coefficient (Wildman–Crippen LogP) is 3.11. The zero-order chi connectivity index (χ0) is 16.8. The monoisotopic (exact) mass is 353 g/mol. The molecule has 1 aromatic carbocycles. The molecule has 0 saturated carbocycles. The van der Waals surface area contributed by atoms with E-state index in [1.165, 1.54) is 11.8 Å². The van der Waals surface area contributed by atoms with Crippen molar-refractivity contribution < 1.29 is 9.59 Å². The predicted molar refractivity (Wildman–Crippen MR) is 95.2 cm³/mol. The molecule has 0 radical (unpaired) electrons. The molecule has 1 aromatic rings. The molecule has 1 fully saturated rings.